The molecule has 0 bridgehead atoms. The van der Waals surface area contributed by atoms with Gasteiger partial charge in [-0.05, 0) is 42.8 Å². The number of ether oxygens (including phenoxy) is 6. The van der Waals surface area contributed by atoms with Crippen molar-refractivity contribution in [2.24, 2.45) is 0 Å². The second-order valence-corrected chi connectivity index (χ2v) is 7.55. The first-order valence-corrected chi connectivity index (χ1v) is 9.46. The molecule has 4 aliphatic rings. The van der Waals surface area contributed by atoms with E-state index in [1.165, 1.54) is 5.56 Å². The Labute approximate surface area is 162 Å². The number of rotatable bonds is 1. The van der Waals surface area contributed by atoms with Gasteiger partial charge in [-0.15, -0.1) is 0 Å². The van der Waals surface area contributed by atoms with Crippen LogP contribution in [0.3, 0.4) is 0 Å². The summed E-state index contributed by atoms with van der Waals surface area (Å²) in [7, 11) is 3.75. The van der Waals surface area contributed by atoms with Gasteiger partial charge in [-0.1, -0.05) is 6.07 Å². The first-order valence-electron chi connectivity index (χ1n) is 9.46. The van der Waals surface area contributed by atoms with E-state index in [-0.39, 0.29) is 13.6 Å². The summed E-state index contributed by atoms with van der Waals surface area (Å²) in [5.74, 6) is 3.04. The second kappa shape index (κ2) is 5.76. The third-order valence-electron chi connectivity index (χ3n) is 6.20. The van der Waals surface area contributed by atoms with Gasteiger partial charge >= 0.3 is 0 Å². The lowest BCUT2D eigenvalue weighted by Gasteiger charge is -2.50. The number of hydrogen-bond acceptors (Lipinski definition) is 7. The van der Waals surface area contributed by atoms with Crippen LogP contribution in [0.5, 0.6) is 23.0 Å². The summed E-state index contributed by atoms with van der Waals surface area (Å²) in [6.07, 6.45) is 1.06. The number of hydrogen-bond donors (Lipinski definition) is 0. The molecular weight excluding hydrogens is 362 g/mol. The van der Waals surface area contributed by atoms with Gasteiger partial charge in [0.1, 0.15) is 0 Å². The van der Waals surface area contributed by atoms with Crippen molar-refractivity contribution in [3.8, 4) is 23.0 Å². The summed E-state index contributed by atoms with van der Waals surface area (Å²) in [5.41, 5.74) is 3.75. The lowest BCUT2D eigenvalue weighted by atomic mass is 9.82. The zero-order valence-electron chi connectivity index (χ0n) is 15.8. The van der Waals surface area contributed by atoms with Crippen LogP contribution in [-0.2, 0) is 28.0 Å². The van der Waals surface area contributed by atoms with E-state index in [1.807, 2.05) is 6.07 Å². The zero-order valence-corrected chi connectivity index (χ0v) is 15.8. The van der Waals surface area contributed by atoms with Crippen molar-refractivity contribution >= 4 is 0 Å². The highest BCUT2D eigenvalue weighted by molar-refractivity contribution is 5.56. The predicted molar refractivity (Wildman–Crippen MR) is 97.7 cm³/mol. The van der Waals surface area contributed by atoms with Crippen molar-refractivity contribution in [2.75, 3.05) is 34.3 Å². The molecule has 0 amide bonds. The molecule has 4 aliphatic heterocycles. The molecule has 0 radical (unpaired) electrons. The molecule has 0 saturated carbocycles. The fraction of sp³-hybridized carbons (Fsp3) is 0.429. The quantitative estimate of drug-likeness (QED) is 0.750. The molecule has 0 aliphatic carbocycles. The van der Waals surface area contributed by atoms with Gasteiger partial charge in [-0.3, -0.25) is 4.90 Å². The molecule has 2 unspecified atom stereocenters. The Hall–Kier alpha value is -2.48. The third-order valence-corrected chi connectivity index (χ3v) is 6.20. The van der Waals surface area contributed by atoms with E-state index in [0.29, 0.717) is 6.42 Å². The lowest BCUT2D eigenvalue weighted by Crippen LogP contribution is -2.54. The zero-order chi connectivity index (χ0) is 18.9. The highest BCUT2D eigenvalue weighted by Gasteiger charge is 2.50. The maximum absolute atomic E-state index is 6.69. The minimum Gasteiger partial charge on any atom is -0.454 e. The Morgan fingerprint density at radius 3 is 2.64 bits per heavy atom. The molecule has 146 valence electrons. The molecular formula is C21H21NO6. The van der Waals surface area contributed by atoms with Crippen molar-refractivity contribution in [3.05, 3.63) is 46.5 Å². The van der Waals surface area contributed by atoms with Crippen molar-refractivity contribution in [2.45, 2.75) is 24.9 Å². The van der Waals surface area contributed by atoms with E-state index >= 15 is 0 Å². The van der Waals surface area contributed by atoms with Gasteiger partial charge < -0.3 is 28.4 Å². The molecule has 2 atom stereocenters. The van der Waals surface area contributed by atoms with Crippen molar-refractivity contribution in [3.63, 3.8) is 0 Å². The van der Waals surface area contributed by atoms with Crippen molar-refractivity contribution < 1.29 is 28.4 Å². The number of nitrogens with zero attached hydrogens (tertiary/aromatic N) is 1. The molecule has 0 N–H and O–H groups in total. The van der Waals surface area contributed by atoms with E-state index in [9.17, 15) is 0 Å². The normalized spacial score (nSPS) is 27.0. The number of methoxy groups -OCH3 is 1. The van der Waals surface area contributed by atoms with Crippen LogP contribution in [0.1, 0.15) is 28.5 Å². The van der Waals surface area contributed by atoms with E-state index in [2.05, 4.69) is 30.1 Å². The number of benzene rings is 2. The van der Waals surface area contributed by atoms with E-state index in [4.69, 9.17) is 28.4 Å². The first kappa shape index (κ1) is 16.5. The minimum atomic E-state index is -0.643. The molecule has 0 aromatic heterocycles. The van der Waals surface area contributed by atoms with Gasteiger partial charge in [0.2, 0.25) is 13.6 Å². The first-order chi connectivity index (χ1) is 13.7. The molecule has 0 saturated heterocycles. The van der Waals surface area contributed by atoms with Crippen LogP contribution in [0.2, 0.25) is 0 Å². The monoisotopic (exact) mass is 383 g/mol. The van der Waals surface area contributed by atoms with Crippen LogP contribution < -0.4 is 18.9 Å². The molecule has 2 aromatic rings. The third kappa shape index (κ3) is 2.09. The van der Waals surface area contributed by atoms with Gasteiger partial charge in [0.05, 0.1) is 5.56 Å². The van der Waals surface area contributed by atoms with Crippen LogP contribution in [-0.4, -0.2) is 39.2 Å². The maximum atomic E-state index is 6.69. The maximum Gasteiger partial charge on any atom is 0.231 e. The molecule has 7 nitrogen and oxygen atoms in total. The SMILES string of the molecule is COC1OC2(Cc3ccc4c(c31)OCO4)c1cc3c(cc1CCN2C)OCO3. The average molecular weight is 383 g/mol. The highest BCUT2D eigenvalue weighted by atomic mass is 16.7. The Balaban J connectivity index is 1.53. The standard InChI is InChI=1S/C21H21NO6/c1-22-6-5-12-7-16-17(26-10-25-16)8-14(12)21(22)9-13-3-4-15-19(27-11-24-15)18(13)20(23-2)28-21/h3-4,7-8,20H,5-6,9-11H2,1-2H3. The van der Waals surface area contributed by atoms with E-state index < -0.39 is 12.0 Å². The smallest absolute Gasteiger partial charge is 0.231 e. The number of fused-ring (bicyclic) bond motifs is 6. The fourth-order valence-electron chi connectivity index (χ4n) is 4.76. The summed E-state index contributed by atoms with van der Waals surface area (Å²) in [6, 6.07) is 8.22. The van der Waals surface area contributed by atoms with Gasteiger partial charge in [0.15, 0.2) is 35.0 Å². The highest BCUT2D eigenvalue weighted by Crippen LogP contribution is 2.53. The predicted octanol–water partition coefficient (Wildman–Crippen LogP) is 2.70. The molecule has 2 aromatic carbocycles. The van der Waals surface area contributed by atoms with Gasteiger partial charge in [-0.25, -0.2) is 0 Å². The van der Waals surface area contributed by atoms with Crippen LogP contribution in [0.15, 0.2) is 24.3 Å². The summed E-state index contributed by atoms with van der Waals surface area (Å²) in [4.78, 5) is 2.26. The Morgan fingerprint density at radius 2 is 1.79 bits per heavy atom. The average Bonchev–Trinajstić information content (AvgIpc) is 3.37. The van der Waals surface area contributed by atoms with Crippen LogP contribution in [0.25, 0.3) is 0 Å². The minimum absolute atomic E-state index is 0.222. The molecule has 0 fully saturated rings. The molecule has 1 spiro atoms. The largest absolute Gasteiger partial charge is 0.454 e. The van der Waals surface area contributed by atoms with Gasteiger partial charge in [0.25, 0.3) is 0 Å². The lowest BCUT2D eigenvalue weighted by molar-refractivity contribution is -0.273. The summed E-state index contributed by atoms with van der Waals surface area (Å²) >= 11 is 0. The Kier molecular flexibility index (Phi) is 3.39. The summed E-state index contributed by atoms with van der Waals surface area (Å²) < 4.78 is 35.0. The molecule has 4 heterocycles. The van der Waals surface area contributed by atoms with Gasteiger partial charge in [-0.2, -0.15) is 0 Å². The van der Waals surface area contributed by atoms with Crippen LogP contribution in [0, 0.1) is 0 Å². The topological polar surface area (TPSA) is 58.6 Å². The molecule has 28 heavy (non-hydrogen) atoms. The Bertz CT molecular complexity index is 976. The Morgan fingerprint density at radius 1 is 1.00 bits per heavy atom. The molecule has 6 rings (SSSR count). The molecule has 7 heteroatoms. The van der Waals surface area contributed by atoms with Crippen LogP contribution in [0.4, 0.5) is 0 Å². The second-order valence-electron chi connectivity index (χ2n) is 7.55. The summed E-state index contributed by atoms with van der Waals surface area (Å²) in [5, 5.41) is 0. The van der Waals surface area contributed by atoms with E-state index in [0.717, 1.165) is 52.7 Å². The number of likely N-dealkylation sites (N-methyl/N-ethyl adjacent to an activating group) is 1. The van der Waals surface area contributed by atoms with Crippen molar-refractivity contribution in [1.29, 1.82) is 0 Å². The fourth-order valence-corrected chi connectivity index (χ4v) is 4.76. The van der Waals surface area contributed by atoms with E-state index in [1.54, 1.807) is 7.11 Å². The summed E-state index contributed by atoms with van der Waals surface area (Å²) in [6.45, 7) is 1.36. The van der Waals surface area contributed by atoms with Gasteiger partial charge in [0, 0.05) is 25.6 Å². The van der Waals surface area contributed by atoms with Crippen LogP contribution >= 0.6 is 0 Å². The van der Waals surface area contributed by atoms with Crippen molar-refractivity contribution in [1.82, 2.24) is 4.90 Å².